The number of halogens is 1. The van der Waals surface area contributed by atoms with Crippen molar-refractivity contribution >= 4 is 15.9 Å². The van der Waals surface area contributed by atoms with Crippen LogP contribution in [0.5, 0.6) is 0 Å². The Bertz CT molecular complexity index is 348. The minimum atomic E-state index is -0.545. The highest BCUT2D eigenvalue weighted by molar-refractivity contribution is 9.10. The van der Waals surface area contributed by atoms with E-state index in [0.717, 1.165) is 16.5 Å². The van der Waals surface area contributed by atoms with Gasteiger partial charge in [0.2, 0.25) is 0 Å². The molecule has 1 saturated carbocycles. The van der Waals surface area contributed by atoms with Gasteiger partial charge in [-0.1, -0.05) is 35.0 Å². The molecule has 1 nitrogen and oxygen atoms in total. The van der Waals surface area contributed by atoms with Crippen LogP contribution in [-0.4, -0.2) is 5.11 Å². The maximum absolute atomic E-state index is 10.1. The van der Waals surface area contributed by atoms with Crippen LogP contribution >= 0.6 is 15.9 Å². The summed E-state index contributed by atoms with van der Waals surface area (Å²) in [7, 11) is 0. The lowest BCUT2D eigenvalue weighted by Gasteiger charge is -2.10. The van der Waals surface area contributed by atoms with Crippen molar-refractivity contribution in [2.24, 2.45) is 5.92 Å². The lowest BCUT2D eigenvalue weighted by molar-refractivity contribution is 0.134. The number of rotatable bonds is 1. The fraction of sp³-hybridized carbons (Fsp3) is 0.455. The fourth-order valence-electron chi connectivity index (χ4n) is 1.67. The summed E-state index contributed by atoms with van der Waals surface area (Å²) in [5, 5.41) is 10.1. The van der Waals surface area contributed by atoms with Crippen molar-refractivity contribution in [2.75, 3.05) is 0 Å². The van der Waals surface area contributed by atoms with Gasteiger partial charge in [-0.3, -0.25) is 0 Å². The van der Waals surface area contributed by atoms with E-state index in [0.29, 0.717) is 5.92 Å². The van der Waals surface area contributed by atoms with Crippen molar-refractivity contribution in [3.63, 3.8) is 0 Å². The molecule has 0 heterocycles. The normalized spacial score (nSPS) is 31.8. The Hall–Kier alpha value is -0.340. The zero-order valence-electron chi connectivity index (χ0n) is 7.84. The van der Waals surface area contributed by atoms with E-state index in [-0.39, 0.29) is 0 Å². The first-order valence-electron chi connectivity index (χ1n) is 4.53. The SMILES string of the molecule is Cc1ccc(C2(O)CC2C)cc1Br. The molecule has 0 bridgehead atoms. The number of aryl methyl sites for hydroxylation is 1. The summed E-state index contributed by atoms with van der Waals surface area (Å²) in [5.41, 5.74) is 1.70. The Morgan fingerprint density at radius 2 is 2.15 bits per heavy atom. The van der Waals surface area contributed by atoms with Gasteiger partial charge in [0.25, 0.3) is 0 Å². The van der Waals surface area contributed by atoms with Gasteiger partial charge in [0.15, 0.2) is 0 Å². The average molecular weight is 241 g/mol. The van der Waals surface area contributed by atoms with Crippen molar-refractivity contribution in [1.82, 2.24) is 0 Å². The van der Waals surface area contributed by atoms with Crippen LogP contribution in [-0.2, 0) is 5.60 Å². The lowest BCUT2D eigenvalue weighted by Crippen LogP contribution is -2.07. The predicted octanol–water partition coefficient (Wildman–Crippen LogP) is 2.98. The first-order valence-corrected chi connectivity index (χ1v) is 5.32. The summed E-state index contributed by atoms with van der Waals surface area (Å²) >= 11 is 3.48. The highest BCUT2D eigenvalue weighted by Gasteiger charge is 2.50. The molecule has 1 aliphatic carbocycles. The van der Waals surface area contributed by atoms with Gasteiger partial charge in [-0.05, 0) is 36.5 Å². The molecule has 1 aromatic carbocycles. The van der Waals surface area contributed by atoms with E-state index < -0.39 is 5.60 Å². The molecule has 2 rings (SSSR count). The van der Waals surface area contributed by atoms with Crippen LogP contribution in [0.3, 0.4) is 0 Å². The molecule has 1 aliphatic rings. The van der Waals surface area contributed by atoms with Gasteiger partial charge in [0.1, 0.15) is 0 Å². The summed E-state index contributed by atoms with van der Waals surface area (Å²) in [6.45, 7) is 4.13. The summed E-state index contributed by atoms with van der Waals surface area (Å²) < 4.78 is 1.08. The zero-order valence-corrected chi connectivity index (χ0v) is 9.43. The fourth-order valence-corrected chi connectivity index (χ4v) is 2.05. The molecule has 2 unspecified atom stereocenters. The average Bonchev–Trinajstić information content (AvgIpc) is 2.67. The van der Waals surface area contributed by atoms with Gasteiger partial charge >= 0.3 is 0 Å². The van der Waals surface area contributed by atoms with E-state index in [1.54, 1.807) is 0 Å². The Labute approximate surface area is 86.9 Å². The van der Waals surface area contributed by atoms with Gasteiger partial charge < -0.3 is 5.11 Å². The number of hydrogen-bond donors (Lipinski definition) is 1. The summed E-state index contributed by atoms with van der Waals surface area (Å²) in [5.74, 6) is 0.405. The molecule has 1 N–H and O–H groups in total. The van der Waals surface area contributed by atoms with Crippen molar-refractivity contribution in [3.05, 3.63) is 33.8 Å². The second-order valence-electron chi connectivity index (χ2n) is 3.99. The first kappa shape index (κ1) is 9.22. The van der Waals surface area contributed by atoms with Crippen LogP contribution in [0.25, 0.3) is 0 Å². The Balaban J connectivity index is 2.38. The summed E-state index contributed by atoms with van der Waals surface area (Å²) in [6, 6.07) is 6.09. The van der Waals surface area contributed by atoms with E-state index in [4.69, 9.17) is 0 Å². The number of benzene rings is 1. The van der Waals surface area contributed by atoms with E-state index in [1.807, 2.05) is 25.1 Å². The second kappa shape index (κ2) is 2.82. The van der Waals surface area contributed by atoms with E-state index in [2.05, 4.69) is 22.9 Å². The van der Waals surface area contributed by atoms with Crippen LogP contribution in [0.2, 0.25) is 0 Å². The molecular weight excluding hydrogens is 228 g/mol. The predicted molar refractivity (Wildman–Crippen MR) is 56.6 cm³/mol. The summed E-state index contributed by atoms with van der Waals surface area (Å²) in [4.78, 5) is 0. The van der Waals surface area contributed by atoms with Crippen LogP contribution < -0.4 is 0 Å². The van der Waals surface area contributed by atoms with Gasteiger partial charge in [0.05, 0.1) is 5.60 Å². The van der Waals surface area contributed by atoms with E-state index in [1.165, 1.54) is 5.56 Å². The van der Waals surface area contributed by atoms with Gasteiger partial charge in [0, 0.05) is 4.47 Å². The Morgan fingerprint density at radius 3 is 2.62 bits per heavy atom. The minimum Gasteiger partial charge on any atom is -0.385 e. The molecule has 0 spiro atoms. The summed E-state index contributed by atoms with van der Waals surface area (Å²) in [6.07, 6.45) is 0.891. The molecule has 13 heavy (non-hydrogen) atoms. The van der Waals surface area contributed by atoms with Crippen LogP contribution in [0.1, 0.15) is 24.5 Å². The molecule has 0 aromatic heterocycles. The third kappa shape index (κ3) is 1.42. The topological polar surface area (TPSA) is 20.2 Å². The van der Waals surface area contributed by atoms with Gasteiger partial charge in [-0.15, -0.1) is 0 Å². The highest BCUT2D eigenvalue weighted by Crippen LogP contribution is 2.51. The highest BCUT2D eigenvalue weighted by atomic mass is 79.9. The van der Waals surface area contributed by atoms with Crippen LogP contribution in [0.4, 0.5) is 0 Å². The molecule has 70 valence electrons. The molecule has 2 heteroatoms. The Morgan fingerprint density at radius 1 is 1.54 bits per heavy atom. The van der Waals surface area contributed by atoms with Crippen molar-refractivity contribution < 1.29 is 5.11 Å². The molecule has 1 fully saturated rings. The van der Waals surface area contributed by atoms with Crippen molar-refractivity contribution in [3.8, 4) is 0 Å². The third-order valence-corrected chi connectivity index (χ3v) is 3.80. The maximum Gasteiger partial charge on any atom is 0.0927 e. The zero-order chi connectivity index (χ0) is 9.64. The van der Waals surface area contributed by atoms with Crippen LogP contribution in [0, 0.1) is 12.8 Å². The maximum atomic E-state index is 10.1. The smallest absolute Gasteiger partial charge is 0.0927 e. The van der Waals surface area contributed by atoms with E-state index in [9.17, 15) is 5.11 Å². The number of hydrogen-bond acceptors (Lipinski definition) is 1. The van der Waals surface area contributed by atoms with Crippen molar-refractivity contribution in [1.29, 1.82) is 0 Å². The monoisotopic (exact) mass is 240 g/mol. The van der Waals surface area contributed by atoms with Crippen molar-refractivity contribution in [2.45, 2.75) is 25.9 Å². The van der Waals surface area contributed by atoms with Crippen LogP contribution in [0.15, 0.2) is 22.7 Å². The van der Waals surface area contributed by atoms with Gasteiger partial charge in [-0.2, -0.15) is 0 Å². The molecule has 1 aromatic rings. The first-order chi connectivity index (χ1) is 6.04. The molecule has 0 saturated heterocycles. The largest absolute Gasteiger partial charge is 0.385 e. The third-order valence-electron chi connectivity index (χ3n) is 2.94. The standard InChI is InChI=1S/C11H13BrO/c1-7-3-4-9(5-10(7)12)11(13)6-8(11)2/h3-5,8,13H,6H2,1-2H3. The molecule has 2 atom stereocenters. The van der Waals surface area contributed by atoms with E-state index >= 15 is 0 Å². The molecule has 0 aliphatic heterocycles. The van der Waals surface area contributed by atoms with Gasteiger partial charge in [-0.25, -0.2) is 0 Å². The lowest BCUT2D eigenvalue weighted by atomic mass is 10.0. The Kier molecular flexibility index (Phi) is 2.00. The second-order valence-corrected chi connectivity index (χ2v) is 4.85. The quantitative estimate of drug-likeness (QED) is 0.801. The molecule has 0 amide bonds. The minimum absolute atomic E-state index is 0.405. The molecule has 0 radical (unpaired) electrons. The molecular formula is C11H13BrO. The number of aliphatic hydroxyl groups is 1.